The standard InChI is InChI=1S/C25H35N3O3/c1-6-9-28-15(2)10-21(17(28)4)13-22(14-26)25(30)31-18(5)24(29)27-16(3)23-12-19-7-8-20(23)11-19/h10,13,16,18-20,23H,6-9,11-12H2,1-5H3,(H,27,29)/b22-13+/t16-,18-,19+,20+,23-/m1/s1. The number of nitriles is 1. The summed E-state index contributed by atoms with van der Waals surface area (Å²) in [5.74, 6) is 0.962. The van der Waals surface area contributed by atoms with Gasteiger partial charge >= 0.3 is 5.97 Å². The molecule has 0 saturated heterocycles. The predicted molar refractivity (Wildman–Crippen MR) is 120 cm³/mol. The highest BCUT2D eigenvalue weighted by molar-refractivity contribution is 5.99. The van der Waals surface area contributed by atoms with Crippen LogP contribution >= 0.6 is 0 Å². The summed E-state index contributed by atoms with van der Waals surface area (Å²) < 4.78 is 7.50. The number of nitrogens with zero attached hydrogens (tertiary/aromatic N) is 2. The first-order valence-corrected chi connectivity index (χ1v) is 11.5. The molecule has 2 fully saturated rings. The van der Waals surface area contributed by atoms with Gasteiger partial charge in [0.15, 0.2) is 6.10 Å². The van der Waals surface area contributed by atoms with Crippen LogP contribution in [-0.4, -0.2) is 28.6 Å². The van der Waals surface area contributed by atoms with Crippen molar-refractivity contribution in [3.63, 3.8) is 0 Å². The van der Waals surface area contributed by atoms with Crippen molar-refractivity contribution in [3.05, 3.63) is 28.6 Å². The number of ether oxygens (including phenoxy) is 1. The second-order valence-electron chi connectivity index (χ2n) is 9.33. The molecule has 1 heterocycles. The SMILES string of the molecule is CCCn1c(C)cc(/C=C(\C#N)C(=O)O[C@H](C)C(=O)N[C@H](C)[C@H]2C[C@H]3CC[C@H]2C3)c1C. The number of hydrogen-bond donors (Lipinski definition) is 1. The molecular weight excluding hydrogens is 390 g/mol. The number of rotatable bonds is 8. The second-order valence-corrected chi connectivity index (χ2v) is 9.33. The monoisotopic (exact) mass is 425 g/mol. The first-order chi connectivity index (χ1) is 14.7. The molecule has 31 heavy (non-hydrogen) atoms. The Kier molecular flexibility index (Phi) is 7.25. The van der Waals surface area contributed by atoms with Crippen molar-refractivity contribution in [2.24, 2.45) is 17.8 Å². The first kappa shape index (κ1) is 23.1. The van der Waals surface area contributed by atoms with E-state index in [1.54, 1.807) is 13.0 Å². The third kappa shape index (κ3) is 5.03. The summed E-state index contributed by atoms with van der Waals surface area (Å²) in [5.41, 5.74) is 2.81. The Hall–Kier alpha value is -2.55. The van der Waals surface area contributed by atoms with Gasteiger partial charge in [0.25, 0.3) is 5.91 Å². The topological polar surface area (TPSA) is 84.1 Å². The normalized spacial score (nSPS) is 24.5. The minimum absolute atomic E-state index is 0.0684. The van der Waals surface area contributed by atoms with Crippen LogP contribution in [0.3, 0.4) is 0 Å². The summed E-state index contributed by atoms with van der Waals surface area (Å²) in [6.45, 7) is 10.6. The molecule has 2 aliphatic rings. The van der Waals surface area contributed by atoms with Gasteiger partial charge in [-0.25, -0.2) is 4.79 Å². The van der Waals surface area contributed by atoms with E-state index in [2.05, 4.69) is 16.8 Å². The second kappa shape index (κ2) is 9.72. The fraction of sp³-hybridized carbons (Fsp3) is 0.640. The van der Waals surface area contributed by atoms with Gasteiger partial charge in [-0.3, -0.25) is 4.79 Å². The van der Waals surface area contributed by atoms with Crippen LogP contribution in [0.2, 0.25) is 0 Å². The van der Waals surface area contributed by atoms with Crippen molar-refractivity contribution in [1.82, 2.24) is 9.88 Å². The maximum atomic E-state index is 12.6. The van der Waals surface area contributed by atoms with Gasteiger partial charge in [-0.2, -0.15) is 5.26 Å². The molecule has 1 aromatic rings. The Bertz CT molecular complexity index is 908. The first-order valence-electron chi connectivity index (χ1n) is 11.5. The molecule has 2 bridgehead atoms. The van der Waals surface area contributed by atoms with E-state index in [1.165, 1.54) is 25.7 Å². The van der Waals surface area contributed by atoms with Gasteiger partial charge in [0.05, 0.1) is 0 Å². The highest BCUT2D eigenvalue weighted by Gasteiger charge is 2.42. The van der Waals surface area contributed by atoms with Gasteiger partial charge in [0.2, 0.25) is 0 Å². The zero-order valence-corrected chi connectivity index (χ0v) is 19.4. The zero-order valence-electron chi connectivity index (χ0n) is 19.4. The van der Waals surface area contributed by atoms with Crippen molar-refractivity contribution < 1.29 is 14.3 Å². The lowest BCUT2D eigenvalue weighted by atomic mass is 9.84. The van der Waals surface area contributed by atoms with E-state index in [4.69, 9.17) is 4.74 Å². The number of esters is 1. The average molecular weight is 426 g/mol. The Balaban J connectivity index is 1.61. The van der Waals surface area contributed by atoms with E-state index >= 15 is 0 Å². The van der Waals surface area contributed by atoms with Crippen molar-refractivity contribution in [1.29, 1.82) is 5.26 Å². The quantitative estimate of drug-likeness (QED) is 0.382. The van der Waals surface area contributed by atoms with Crippen LogP contribution in [0.1, 0.15) is 69.8 Å². The summed E-state index contributed by atoms with van der Waals surface area (Å²) >= 11 is 0. The van der Waals surface area contributed by atoms with Gasteiger partial charge in [0.1, 0.15) is 11.6 Å². The number of aromatic nitrogens is 1. The number of nitrogens with one attached hydrogen (secondary N) is 1. The highest BCUT2D eigenvalue weighted by atomic mass is 16.5. The Morgan fingerprint density at radius 2 is 2.06 bits per heavy atom. The van der Waals surface area contributed by atoms with E-state index in [1.807, 2.05) is 32.9 Å². The lowest BCUT2D eigenvalue weighted by Gasteiger charge is -2.29. The van der Waals surface area contributed by atoms with Crippen LogP contribution in [0.5, 0.6) is 0 Å². The minimum Gasteiger partial charge on any atom is -0.448 e. The molecule has 168 valence electrons. The van der Waals surface area contributed by atoms with Crippen LogP contribution in [0.15, 0.2) is 11.6 Å². The van der Waals surface area contributed by atoms with Crippen LogP contribution < -0.4 is 5.32 Å². The largest absolute Gasteiger partial charge is 0.448 e. The number of carbonyl (C=O) groups excluding carboxylic acids is 2. The van der Waals surface area contributed by atoms with Crippen LogP contribution in [0.25, 0.3) is 6.08 Å². The molecule has 0 spiro atoms. The highest BCUT2D eigenvalue weighted by Crippen LogP contribution is 2.49. The van der Waals surface area contributed by atoms with Gasteiger partial charge < -0.3 is 14.6 Å². The molecular formula is C25H35N3O3. The molecule has 0 aliphatic heterocycles. The minimum atomic E-state index is -0.946. The summed E-state index contributed by atoms with van der Waals surface area (Å²) in [6.07, 6.45) is 6.65. The molecule has 5 atom stereocenters. The third-order valence-electron chi connectivity index (χ3n) is 7.16. The molecule has 6 nitrogen and oxygen atoms in total. The molecule has 1 amide bonds. The number of amides is 1. The molecule has 0 aromatic carbocycles. The smallest absolute Gasteiger partial charge is 0.349 e. The van der Waals surface area contributed by atoms with Gasteiger partial charge in [-0.1, -0.05) is 13.3 Å². The Labute approximate surface area is 185 Å². The van der Waals surface area contributed by atoms with E-state index in [9.17, 15) is 14.9 Å². The predicted octanol–water partition coefficient (Wildman–Crippen LogP) is 4.29. The fourth-order valence-electron chi connectivity index (χ4n) is 5.47. The molecule has 1 N–H and O–H groups in total. The summed E-state index contributed by atoms with van der Waals surface area (Å²) in [4.78, 5) is 25.2. The van der Waals surface area contributed by atoms with E-state index in [-0.39, 0.29) is 17.5 Å². The maximum absolute atomic E-state index is 12.6. The summed E-state index contributed by atoms with van der Waals surface area (Å²) in [6, 6.07) is 3.96. The van der Waals surface area contributed by atoms with Crippen LogP contribution in [-0.2, 0) is 20.9 Å². The number of carbonyl (C=O) groups is 2. The molecule has 0 radical (unpaired) electrons. The van der Waals surface area contributed by atoms with E-state index in [0.717, 1.165) is 35.8 Å². The number of hydrogen-bond acceptors (Lipinski definition) is 4. The van der Waals surface area contributed by atoms with Crippen molar-refractivity contribution >= 4 is 18.0 Å². The lowest BCUT2D eigenvalue weighted by molar-refractivity contribution is -0.151. The molecule has 2 aliphatic carbocycles. The average Bonchev–Trinajstić information content (AvgIpc) is 3.43. The number of fused-ring (bicyclic) bond motifs is 2. The maximum Gasteiger partial charge on any atom is 0.349 e. The molecule has 0 unspecified atom stereocenters. The molecule has 2 saturated carbocycles. The summed E-state index contributed by atoms with van der Waals surface area (Å²) in [7, 11) is 0. The van der Waals surface area contributed by atoms with Crippen molar-refractivity contribution in [2.45, 2.75) is 85.4 Å². The molecule has 1 aromatic heterocycles. The van der Waals surface area contributed by atoms with Crippen molar-refractivity contribution in [3.8, 4) is 6.07 Å². The van der Waals surface area contributed by atoms with Crippen LogP contribution in [0, 0.1) is 42.9 Å². The Morgan fingerprint density at radius 3 is 2.65 bits per heavy atom. The van der Waals surface area contributed by atoms with E-state index in [0.29, 0.717) is 11.8 Å². The lowest BCUT2D eigenvalue weighted by Crippen LogP contribution is -2.45. The molecule has 3 rings (SSSR count). The molecule has 6 heteroatoms. The third-order valence-corrected chi connectivity index (χ3v) is 7.16. The Morgan fingerprint density at radius 1 is 1.32 bits per heavy atom. The van der Waals surface area contributed by atoms with Gasteiger partial charge in [-0.15, -0.1) is 0 Å². The van der Waals surface area contributed by atoms with E-state index < -0.39 is 12.1 Å². The van der Waals surface area contributed by atoms with Gasteiger partial charge in [-0.05, 0) is 88.8 Å². The van der Waals surface area contributed by atoms with Gasteiger partial charge in [0, 0.05) is 24.0 Å². The van der Waals surface area contributed by atoms with Crippen molar-refractivity contribution in [2.75, 3.05) is 0 Å². The van der Waals surface area contributed by atoms with Crippen LogP contribution in [0.4, 0.5) is 0 Å². The fourth-order valence-corrected chi connectivity index (χ4v) is 5.47. The number of aryl methyl sites for hydroxylation is 1. The summed E-state index contributed by atoms with van der Waals surface area (Å²) in [5, 5.41) is 12.5. The zero-order chi connectivity index (χ0) is 22.7.